The normalized spacial score (nSPS) is 16.9. The molecule has 1 aliphatic carbocycles. The van der Waals surface area contributed by atoms with Crippen molar-refractivity contribution in [2.75, 3.05) is 14.2 Å². The van der Waals surface area contributed by atoms with E-state index in [9.17, 15) is 0 Å². The van der Waals surface area contributed by atoms with E-state index in [0.29, 0.717) is 0 Å². The number of methoxy groups -OCH3 is 1. The number of ether oxygens (including phenoxy) is 1. The Kier molecular flexibility index (Phi) is 2.70. The summed E-state index contributed by atoms with van der Waals surface area (Å²) in [6.07, 6.45) is 3.15. The molecule has 0 aliphatic heterocycles. The van der Waals surface area contributed by atoms with Crippen molar-refractivity contribution in [3.63, 3.8) is 0 Å². The average molecular weight is 244 g/mol. The van der Waals surface area contributed by atoms with E-state index in [1.807, 2.05) is 6.07 Å². The van der Waals surface area contributed by atoms with Crippen LogP contribution in [0.5, 0.6) is 5.75 Å². The highest BCUT2D eigenvalue weighted by atomic mass is 16.6. The quantitative estimate of drug-likeness (QED) is 0.826. The zero-order chi connectivity index (χ0) is 12.5. The van der Waals surface area contributed by atoms with Gasteiger partial charge in [-0.25, -0.2) is 0 Å². The molecule has 2 aromatic rings. The van der Waals surface area contributed by atoms with Crippen LogP contribution < -0.4 is 4.74 Å². The van der Waals surface area contributed by atoms with Crippen LogP contribution in [0.25, 0.3) is 10.9 Å². The Balaban J connectivity index is 2.21. The van der Waals surface area contributed by atoms with Crippen molar-refractivity contribution in [1.29, 1.82) is 0 Å². The van der Waals surface area contributed by atoms with Gasteiger partial charge >= 0.3 is 0 Å². The predicted octanol–water partition coefficient (Wildman–Crippen LogP) is 2.86. The Morgan fingerprint density at radius 1 is 1.22 bits per heavy atom. The third-order valence-electron chi connectivity index (χ3n) is 3.44. The number of aromatic nitrogens is 1. The monoisotopic (exact) mass is 244 g/mol. The maximum Gasteiger partial charge on any atom is 0.119 e. The molecule has 0 spiro atoms. The van der Waals surface area contributed by atoms with Gasteiger partial charge in [0.1, 0.15) is 18.6 Å². The minimum atomic E-state index is 0.889. The smallest absolute Gasteiger partial charge is 0.119 e. The van der Waals surface area contributed by atoms with Gasteiger partial charge in [0.25, 0.3) is 0 Å². The zero-order valence-corrected chi connectivity index (χ0v) is 10.6. The summed E-state index contributed by atoms with van der Waals surface area (Å²) in [5.41, 5.74) is 4.58. The molecule has 1 aromatic heterocycles. The summed E-state index contributed by atoms with van der Waals surface area (Å²) >= 11 is 0. The predicted molar refractivity (Wildman–Crippen MR) is 71.3 cm³/mol. The second-order valence-corrected chi connectivity index (χ2v) is 4.46. The summed E-state index contributed by atoms with van der Waals surface area (Å²) in [4.78, 5) is 8.36. The Bertz CT molecular complexity index is 614. The molecule has 18 heavy (non-hydrogen) atoms. The fourth-order valence-electron chi connectivity index (χ4n) is 2.62. The molecule has 1 N–H and O–H groups in total. The molecule has 0 saturated carbocycles. The second-order valence-electron chi connectivity index (χ2n) is 4.46. The van der Waals surface area contributed by atoms with Crippen molar-refractivity contribution in [3.8, 4) is 5.75 Å². The van der Waals surface area contributed by atoms with Gasteiger partial charge in [0.15, 0.2) is 0 Å². The summed E-state index contributed by atoms with van der Waals surface area (Å²) in [6, 6.07) is 6.11. The van der Waals surface area contributed by atoms with E-state index in [0.717, 1.165) is 41.9 Å². The molecule has 0 fully saturated rings. The molecule has 94 valence electrons. The van der Waals surface area contributed by atoms with Crippen LogP contribution in [0.3, 0.4) is 0 Å². The SMILES string of the molecule is CO/N=C1\CCCc2c1[nH]c1ccc(OC)cc21. The first-order valence-electron chi connectivity index (χ1n) is 6.12. The van der Waals surface area contributed by atoms with Gasteiger partial charge < -0.3 is 14.6 Å². The number of hydrogen-bond donors (Lipinski definition) is 1. The molecule has 0 unspecified atom stereocenters. The fraction of sp³-hybridized carbons (Fsp3) is 0.357. The summed E-state index contributed by atoms with van der Waals surface area (Å²) in [5.74, 6) is 0.889. The molecular weight excluding hydrogens is 228 g/mol. The Labute approximate surface area is 106 Å². The molecule has 4 heteroatoms. The number of nitrogens with one attached hydrogen (secondary N) is 1. The molecule has 4 nitrogen and oxygen atoms in total. The maximum atomic E-state index is 5.29. The fourth-order valence-corrected chi connectivity index (χ4v) is 2.62. The van der Waals surface area contributed by atoms with Gasteiger partial charge in [-0.2, -0.15) is 0 Å². The highest BCUT2D eigenvalue weighted by Gasteiger charge is 2.21. The lowest BCUT2D eigenvalue weighted by molar-refractivity contribution is 0.212. The summed E-state index contributed by atoms with van der Waals surface area (Å²) in [5, 5.41) is 5.35. The van der Waals surface area contributed by atoms with Crippen molar-refractivity contribution in [2.45, 2.75) is 19.3 Å². The van der Waals surface area contributed by atoms with Gasteiger partial charge in [-0.15, -0.1) is 0 Å². The third-order valence-corrected chi connectivity index (χ3v) is 3.44. The molecule has 1 aromatic carbocycles. The lowest BCUT2D eigenvalue weighted by Gasteiger charge is -2.13. The first-order chi connectivity index (χ1) is 8.83. The van der Waals surface area contributed by atoms with Gasteiger partial charge in [0, 0.05) is 10.9 Å². The lowest BCUT2D eigenvalue weighted by atomic mass is 9.94. The van der Waals surface area contributed by atoms with Crippen LogP contribution in [0, 0.1) is 0 Å². The van der Waals surface area contributed by atoms with E-state index < -0.39 is 0 Å². The first kappa shape index (κ1) is 11.1. The summed E-state index contributed by atoms with van der Waals surface area (Å²) in [6.45, 7) is 0. The highest BCUT2D eigenvalue weighted by molar-refractivity contribution is 6.06. The number of hydrogen-bond acceptors (Lipinski definition) is 3. The Morgan fingerprint density at radius 3 is 2.89 bits per heavy atom. The highest BCUT2D eigenvalue weighted by Crippen LogP contribution is 2.31. The minimum absolute atomic E-state index is 0.889. The third kappa shape index (κ3) is 1.65. The van der Waals surface area contributed by atoms with Crippen molar-refractivity contribution in [3.05, 3.63) is 29.5 Å². The van der Waals surface area contributed by atoms with Gasteiger partial charge in [0.2, 0.25) is 0 Å². The summed E-state index contributed by atoms with van der Waals surface area (Å²) < 4.78 is 5.29. The van der Waals surface area contributed by atoms with Gasteiger partial charge in [0.05, 0.1) is 12.8 Å². The molecule has 3 rings (SSSR count). The van der Waals surface area contributed by atoms with E-state index in [4.69, 9.17) is 9.57 Å². The number of nitrogens with zero attached hydrogens (tertiary/aromatic N) is 1. The molecule has 0 saturated heterocycles. The number of H-pyrrole nitrogens is 1. The number of aromatic amines is 1. The van der Waals surface area contributed by atoms with E-state index in [2.05, 4.69) is 22.3 Å². The van der Waals surface area contributed by atoms with Crippen molar-refractivity contribution >= 4 is 16.6 Å². The minimum Gasteiger partial charge on any atom is -0.497 e. The lowest BCUT2D eigenvalue weighted by Crippen LogP contribution is -2.11. The Morgan fingerprint density at radius 2 is 2.11 bits per heavy atom. The number of aryl methyl sites for hydroxylation is 1. The van der Waals surface area contributed by atoms with Crippen LogP contribution in [0.2, 0.25) is 0 Å². The molecule has 0 bridgehead atoms. The number of oxime groups is 1. The largest absolute Gasteiger partial charge is 0.497 e. The maximum absolute atomic E-state index is 5.29. The topological polar surface area (TPSA) is 46.6 Å². The summed E-state index contributed by atoms with van der Waals surface area (Å²) in [7, 11) is 3.28. The van der Waals surface area contributed by atoms with E-state index in [1.54, 1.807) is 14.2 Å². The van der Waals surface area contributed by atoms with E-state index in [1.165, 1.54) is 10.9 Å². The van der Waals surface area contributed by atoms with Crippen LogP contribution in [-0.4, -0.2) is 24.9 Å². The van der Waals surface area contributed by atoms with Crippen molar-refractivity contribution in [2.24, 2.45) is 5.16 Å². The van der Waals surface area contributed by atoms with E-state index >= 15 is 0 Å². The number of rotatable bonds is 2. The average Bonchev–Trinajstić information content (AvgIpc) is 2.78. The number of benzene rings is 1. The molecule has 0 atom stereocenters. The molecular formula is C14H16N2O2. The number of fused-ring (bicyclic) bond motifs is 3. The standard InChI is InChI=1S/C14H16N2O2/c1-17-9-6-7-12-11(8-9)10-4-3-5-13(16-18-2)14(10)15-12/h6-8,15H,3-5H2,1-2H3/b16-13+. The zero-order valence-electron chi connectivity index (χ0n) is 10.6. The van der Waals surface area contributed by atoms with Gasteiger partial charge in [-0.3, -0.25) is 0 Å². The van der Waals surface area contributed by atoms with Crippen LogP contribution in [0.4, 0.5) is 0 Å². The van der Waals surface area contributed by atoms with Crippen molar-refractivity contribution < 1.29 is 9.57 Å². The van der Waals surface area contributed by atoms with Crippen molar-refractivity contribution in [1.82, 2.24) is 4.98 Å². The molecule has 1 aliphatic rings. The molecule has 0 amide bonds. The van der Waals surface area contributed by atoms with Crippen LogP contribution in [0.1, 0.15) is 24.1 Å². The van der Waals surface area contributed by atoms with Gasteiger partial charge in [-0.1, -0.05) is 5.16 Å². The molecule has 1 heterocycles. The van der Waals surface area contributed by atoms with E-state index in [-0.39, 0.29) is 0 Å². The van der Waals surface area contributed by atoms with Gasteiger partial charge in [-0.05, 0) is 43.0 Å². The van der Waals surface area contributed by atoms with Crippen LogP contribution >= 0.6 is 0 Å². The first-order valence-corrected chi connectivity index (χ1v) is 6.12. The Hall–Kier alpha value is -1.97. The van der Waals surface area contributed by atoms with Crippen LogP contribution in [0.15, 0.2) is 23.4 Å². The van der Waals surface area contributed by atoms with Crippen LogP contribution in [-0.2, 0) is 11.3 Å². The molecule has 0 radical (unpaired) electrons. The second kappa shape index (κ2) is 4.37.